The van der Waals surface area contributed by atoms with Gasteiger partial charge in [0.05, 0.1) is 6.61 Å². The number of Topliss-reactive ketones (excluding diaryl/α,β-unsaturated/α-hetero) is 1. The quantitative estimate of drug-likeness (QED) is 0.221. The Bertz CT molecular complexity index is 259. The molecule has 0 aromatic carbocycles. The van der Waals surface area contributed by atoms with Gasteiger partial charge in [0, 0.05) is 0 Å². The molecule has 0 rings (SSSR count). The maximum Gasteiger partial charge on any atom is 0.466 e. The Morgan fingerprint density at radius 1 is 1.06 bits per heavy atom. The summed E-state index contributed by atoms with van der Waals surface area (Å²) in [5.74, 6) is -1.00. The van der Waals surface area contributed by atoms with Gasteiger partial charge < -0.3 is 46.4 Å². The third-order valence-corrected chi connectivity index (χ3v) is 1.39. The van der Waals surface area contributed by atoms with Gasteiger partial charge in [0.1, 0.15) is 24.9 Å². The number of hydrogen-bond donors (Lipinski definition) is 9. The predicted octanol–water partition coefficient (Wildman–Crippen LogP) is -4.14. The lowest BCUT2D eigenvalue weighted by Gasteiger charge is -2.19. The molecule has 12 heteroatoms. The van der Waals surface area contributed by atoms with Gasteiger partial charge in [-0.1, -0.05) is 0 Å². The largest absolute Gasteiger partial charge is 0.466 e. The molecule has 0 saturated heterocycles. The lowest BCUT2D eigenvalue weighted by Crippen LogP contribution is -2.44. The average molecular weight is 295 g/mol. The molecular weight excluding hydrogens is 277 g/mol. The second kappa shape index (κ2) is 10.5. The molecule has 0 unspecified atom stereocenters. The van der Waals surface area contributed by atoms with Crippen LogP contribution in [0.25, 0.3) is 0 Å². The number of ketones is 1. The van der Waals surface area contributed by atoms with Gasteiger partial charge in [-0.05, 0) is 0 Å². The SMILES string of the molecule is N.O=C(CO)[C@@H](O)[C@H](O)[C@H](O)CO.O=P(O)(O)O. The highest BCUT2D eigenvalue weighted by Crippen LogP contribution is 2.25. The summed E-state index contributed by atoms with van der Waals surface area (Å²) in [5.41, 5.74) is 0. The first-order chi connectivity index (χ1) is 7.54. The van der Waals surface area contributed by atoms with Crippen molar-refractivity contribution in [2.45, 2.75) is 18.3 Å². The molecule has 0 aliphatic heterocycles. The normalized spacial score (nSPS) is 15.6. The third kappa shape index (κ3) is 13.6. The van der Waals surface area contributed by atoms with E-state index < -0.39 is 45.1 Å². The standard InChI is InChI=1S/C6H12O6.H3N.H3O4P/c7-1-3(9)5(11)6(12)4(10)2-8;;1-5(2,3)4/h3,5-9,11-12H,1-2H2;1H3;(H3,1,2,3,4)/t3-,5-,6-;;/m1../s1. The van der Waals surface area contributed by atoms with E-state index >= 15 is 0 Å². The van der Waals surface area contributed by atoms with Crippen LogP contribution in [0.1, 0.15) is 0 Å². The topological polar surface area (TPSA) is 231 Å². The first-order valence-corrected chi connectivity index (χ1v) is 5.68. The molecule has 0 bridgehead atoms. The van der Waals surface area contributed by atoms with Gasteiger partial charge in [-0.25, -0.2) is 4.57 Å². The zero-order valence-electron chi connectivity index (χ0n) is 9.19. The van der Waals surface area contributed by atoms with Crippen molar-refractivity contribution in [3.63, 3.8) is 0 Å². The number of aliphatic hydroxyl groups is 5. The summed E-state index contributed by atoms with van der Waals surface area (Å²) in [7, 11) is -4.64. The molecule has 0 saturated carbocycles. The molecule has 0 aromatic rings. The van der Waals surface area contributed by atoms with E-state index in [2.05, 4.69) is 0 Å². The Labute approximate surface area is 102 Å². The van der Waals surface area contributed by atoms with Crippen molar-refractivity contribution in [2.75, 3.05) is 13.2 Å². The number of carbonyl (C=O) groups is 1. The monoisotopic (exact) mass is 295 g/mol. The summed E-state index contributed by atoms with van der Waals surface area (Å²) < 4.78 is 8.88. The highest BCUT2D eigenvalue weighted by Gasteiger charge is 2.28. The molecule has 0 aromatic heterocycles. The van der Waals surface area contributed by atoms with Crippen LogP contribution in [-0.2, 0) is 9.36 Å². The second-order valence-electron chi connectivity index (χ2n) is 2.82. The van der Waals surface area contributed by atoms with Gasteiger partial charge in [0.15, 0.2) is 5.78 Å². The van der Waals surface area contributed by atoms with E-state index in [-0.39, 0.29) is 6.15 Å². The minimum atomic E-state index is -4.64. The summed E-state index contributed by atoms with van der Waals surface area (Å²) in [4.78, 5) is 32.1. The summed E-state index contributed by atoms with van der Waals surface area (Å²) in [5, 5.41) is 43.1. The van der Waals surface area contributed by atoms with Crippen LogP contribution >= 0.6 is 7.82 Å². The Kier molecular flexibility index (Phi) is 13.2. The molecular formula is C6H18NO10P. The first kappa shape index (κ1) is 22.7. The van der Waals surface area contributed by atoms with Gasteiger partial charge in [0.25, 0.3) is 0 Å². The maximum absolute atomic E-state index is 10.5. The lowest BCUT2D eigenvalue weighted by atomic mass is 10.1. The van der Waals surface area contributed by atoms with E-state index in [1.54, 1.807) is 0 Å². The van der Waals surface area contributed by atoms with E-state index in [1.165, 1.54) is 0 Å². The fourth-order valence-corrected chi connectivity index (χ4v) is 0.602. The minimum Gasteiger partial charge on any atom is -0.394 e. The van der Waals surface area contributed by atoms with Gasteiger partial charge >= 0.3 is 7.82 Å². The second-order valence-corrected chi connectivity index (χ2v) is 3.85. The van der Waals surface area contributed by atoms with Crippen molar-refractivity contribution in [2.24, 2.45) is 0 Å². The van der Waals surface area contributed by atoms with Gasteiger partial charge in [-0.2, -0.15) is 0 Å². The summed E-state index contributed by atoms with van der Waals surface area (Å²) in [6, 6.07) is 0. The fourth-order valence-electron chi connectivity index (χ4n) is 0.602. The predicted molar refractivity (Wildman–Crippen MR) is 56.5 cm³/mol. The maximum atomic E-state index is 10.5. The van der Waals surface area contributed by atoms with Gasteiger partial charge in [0.2, 0.25) is 0 Å². The molecule has 0 heterocycles. The van der Waals surface area contributed by atoms with Crippen LogP contribution in [0.2, 0.25) is 0 Å². The number of phosphoric acid groups is 1. The van der Waals surface area contributed by atoms with Gasteiger partial charge in [-0.15, -0.1) is 0 Å². The smallest absolute Gasteiger partial charge is 0.394 e. The molecule has 0 fully saturated rings. The van der Waals surface area contributed by atoms with E-state index in [1.807, 2.05) is 0 Å². The van der Waals surface area contributed by atoms with Crippen LogP contribution in [0.5, 0.6) is 0 Å². The molecule has 11 N–H and O–H groups in total. The van der Waals surface area contributed by atoms with E-state index in [9.17, 15) is 4.79 Å². The van der Waals surface area contributed by atoms with E-state index in [0.717, 1.165) is 0 Å². The zero-order valence-corrected chi connectivity index (χ0v) is 10.1. The molecule has 0 spiro atoms. The van der Waals surface area contributed by atoms with Crippen molar-refractivity contribution in [1.29, 1.82) is 0 Å². The average Bonchev–Trinajstić information content (AvgIpc) is 2.22. The number of rotatable bonds is 5. The van der Waals surface area contributed by atoms with E-state index in [0.29, 0.717) is 0 Å². The Balaban J connectivity index is -0.000000321. The summed E-state index contributed by atoms with van der Waals surface area (Å²) >= 11 is 0. The third-order valence-electron chi connectivity index (χ3n) is 1.39. The van der Waals surface area contributed by atoms with Crippen LogP contribution < -0.4 is 6.15 Å². The van der Waals surface area contributed by atoms with Crippen LogP contribution in [-0.4, -0.2) is 77.5 Å². The zero-order chi connectivity index (χ0) is 14.2. The molecule has 0 aliphatic rings. The number of hydrogen-bond acceptors (Lipinski definition) is 8. The van der Waals surface area contributed by atoms with Crippen LogP contribution in [0.4, 0.5) is 0 Å². The molecule has 0 amide bonds. The van der Waals surface area contributed by atoms with Crippen molar-refractivity contribution < 1.29 is 49.6 Å². The number of carbonyl (C=O) groups excluding carboxylic acids is 1. The Morgan fingerprint density at radius 3 is 1.61 bits per heavy atom. The summed E-state index contributed by atoms with van der Waals surface area (Å²) in [6.45, 7) is -1.69. The van der Waals surface area contributed by atoms with Crippen molar-refractivity contribution in [3.05, 3.63) is 0 Å². The Morgan fingerprint density at radius 2 is 1.39 bits per heavy atom. The molecule has 3 atom stereocenters. The highest BCUT2D eigenvalue weighted by atomic mass is 31.2. The van der Waals surface area contributed by atoms with Crippen LogP contribution in [0.15, 0.2) is 0 Å². The first-order valence-electron chi connectivity index (χ1n) is 4.11. The fraction of sp³-hybridized carbons (Fsp3) is 0.833. The highest BCUT2D eigenvalue weighted by molar-refractivity contribution is 7.45. The van der Waals surface area contributed by atoms with Crippen molar-refractivity contribution in [1.82, 2.24) is 6.15 Å². The molecule has 18 heavy (non-hydrogen) atoms. The molecule has 11 nitrogen and oxygen atoms in total. The molecule has 112 valence electrons. The van der Waals surface area contributed by atoms with E-state index in [4.69, 9.17) is 44.8 Å². The van der Waals surface area contributed by atoms with Crippen LogP contribution in [0, 0.1) is 0 Å². The van der Waals surface area contributed by atoms with Crippen molar-refractivity contribution >= 4 is 13.6 Å². The Hall–Kier alpha value is -0.460. The number of aliphatic hydroxyl groups excluding tert-OH is 5. The minimum absolute atomic E-state index is 0. The molecule has 0 radical (unpaired) electrons. The van der Waals surface area contributed by atoms with Crippen LogP contribution in [0.3, 0.4) is 0 Å². The van der Waals surface area contributed by atoms with Crippen molar-refractivity contribution in [3.8, 4) is 0 Å². The van der Waals surface area contributed by atoms with Gasteiger partial charge in [-0.3, -0.25) is 4.79 Å². The lowest BCUT2D eigenvalue weighted by molar-refractivity contribution is -0.142. The molecule has 0 aliphatic carbocycles. The summed E-state index contributed by atoms with van der Waals surface area (Å²) in [6.07, 6.45) is -5.22.